The fourth-order valence-corrected chi connectivity index (χ4v) is 2.11. The van der Waals surface area contributed by atoms with Crippen molar-refractivity contribution in [1.82, 2.24) is 14.8 Å². The minimum atomic E-state index is -0.999. The Morgan fingerprint density at radius 1 is 1.19 bits per heavy atom. The molecule has 0 saturated carbocycles. The number of carboxylic acids is 1. The van der Waals surface area contributed by atoms with Crippen LogP contribution in [0.25, 0.3) is 16.6 Å². The van der Waals surface area contributed by atoms with E-state index in [9.17, 15) is 9.90 Å². The van der Waals surface area contributed by atoms with Gasteiger partial charge in [-0.3, -0.25) is 4.98 Å². The van der Waals surface area contributed by atoms with E-state index in [-0.39, 0.29) is 5.69 Å². The Balaban J connectivity index is 0.000000774. The molecule has 3 aromatic rings. The van der Waals surface area contributed by atoms with Crippen LogP contribution in [0.1, 0.15) is 30.0 Å². The second kappa shape index (κ2) is 6.17. The molecule has 0 saturated heterocycles. The number of aromatic carboxylic acids is 1. The molecule has 0 unspecified atom stereocenters. The maximum absolute atomic E-state index is 11.3. The number of benzene rings is 1. The van der Waals surface area contributed by atoms with Gasteiger partial charge in [0, 0.05) is 11.6 Å². The number of nitrogens with zero attached hydrogens (tertiary/aromatic N) is 3. The zero-order valence-electron chi connectivity index (χ0n) is 12.2. The van der Waals surface area contributed by atoms with Crippen LogP contribution in [0.4, 0.5) is 0 Å². The van der Waals surface area contributed by atoms with Gasteiger partial charge in [-0.15, -0.1) is 0 Å². The van der Waals surface area contributed by atoms with Crippen LogP contribution in [0.3, 0.4) is 0 Å². The number of carboxylic acid groups (broad SMARTS) is 1. The summed E-state index contributed by atoms with van der Waals surface area (Å²) >= 11 is 0. The molecular formula is C16H17N3O2. The van der Waals surface area contributed by atoms with E-state index in [0.717, 1.165) is 16.6 Å². The quantitative estimate of drug-likeness (QED) is 0.782. The summed E-state index contributed by atoms with van der Waals surface area (Å²) < 4.78 is 1.45. The van der Waals surface area contributed by atoms with Gasteiger partial charge in [0.25, 0.3) is 0 Å². The van der Waals surface area contributed by atoms with E-state index >= 15 is 0 Å². The average molecular weight is 283 g/mol. The van der Waals surface area contributed by atoms with Gasteiger partial charge < -0.3 is 5.11 Å². The van der Waals surface area contributed by atoms with Gasteiger partial charge >= 0.3 is 5.97 Å². The van der Waals surface area contributed by atoms with Crippen LogP contribution in [0, 0.1) is 6.92 Å². The van der Waals surface area contributed by atoms with Gasteiger partial charge in [-0.1, -0.05) is 19.9 Å². The molecular weight excluding hydrogens is 266 g/mol. The lowest BCUT2D eigenvalue weighted by molar-refractivity contribution is 0.0687. The van der Waals surface area contributed by atoms with Crippen molar-refractivity contribution < 1.29 is 9.90 Å². The highest BCUT2D eigenvalue weighted by atomic mass is 16.4. The van der Waals surface area contributed by atoms with Crippen LogP contribution in [0.5, 0.6) is 0 Å². The third-order valence-corrected chi connectivity index (χ3v) is 2.90. The van der Waals surface area contributed by atoms with E-state index in [1.54, 1.807) is 19.2 Å². The van der Waals surface area contributed by atoms with Crippen LogP contribution in [0.15, 0.2) is 42.6 Å². The first-order valence-electron chi connectivity index (χ1n) is 6.81. The number of hydrogen-bond acceptors (Lipinski definition) is 3. The molecule has 0 bridgehead atoms. The molecule has 0 radical (unpaired) electrons. The predicted octanol–water partition coefficient (Wildman–Crippen LogP) is 3.45. The summed E-state index contributed by atoms with van der Waals surface area (Å²) in [5.74, 6) is -0.999. The lowest BCUT2D eigenvalue weighted by Crippen LogP contribution is -2.08. The Labute approximate surface area is 122 Å². The number of pyridine rings is 1. The van der Waals surface area contributed by atoms with Gasteiger partial charge in [0.15, 0.2) is 5.69 Å². The molecule has 3 rings (SSSR count). The maximum atomic E-state index is 11.3. The standard InChI is InChI=1S/C14H11N3O2.C2H6/c1-9-8-13(14(18)19)17(16-9)12-6-2-5-11-10(12)4-3-7-15-11;1-2/h2-8H,1H3,(H,18,19);1-2H3. The number of rotatable bonds is 2. The topological polar surface area (TPSA) is 68.0 Å². The Morgan fingerprint density at radius 3 is 2.67 bits per heavy atom. The van der Waals surface area contributed by atoms with E-state index in [2.05, 4.69) is 10.1 Å². The van der Waals surface area contributed by atoms with Crippen LogP contribution < -0.4 is 0 Å². The summed E-state index contributed by atoms with van der Waals surface area (Å²) in [5, 5.41) is 14.4. The van der Waals surface area contributed by atoms with Crippen LogP contribution >= 0.6 is 0 Å². The highest BCUT2D eigenvalue weighted by molar-refractivity contribution is 5.91. The van der Waals surface area contributed by atoms with Gasteiger partial charge in [-0.05, 0) is 37.3 Å². The van der Waals surface area contributed by atoms with Gasteiger partial charge in [0.2, 0.25) is 0 Å². The third kappa shape index (κ3) is 2.76. The average Bonchev–Trinajstić information content (AvgIpc) is 2.91. The molecule has 5 nitrogen and oxygen atoms in total. The molecule has 0 spiro atoms. The highest BCUT2D eigenvalue weighted by Crippen LogP contribution is 2.22. The van der Waals surface area contributed by atoms with E-state index in [4.69, 9.17) is 0 Å². The normalized spacial score (nSPS) is 10.0. The first-order chi connectivity index (χ1) is 10.2. The molecule has 0 aliphatic carbocycles. The molecule has 5 heteroatoms. The van der Waals surface area contributed by atoms with Crippen LogP contribution in [-0.2, 0) is 0 Å². The molecule has 0 fully saturated rings. The van der Waals surface area contributed by atoms with E-state index in [0.29, 0.717) is 5.69 Å². The Morgan fingerprint density at radius 2 is 1.95 bits per heavy atom. The summed E-state index contributed by atoms with van der Waals surface area (Å²) in [6.07, 6.45) is 1.71. The van der Waals surface area contributed by atoms with Crippen molar-refractivity contribution >= 4 is 16.9 Å². The summed E-state index contributed by atoms with van der Waals surface area (Å²) in [6, 6.07) is 10.8. The maximum Gasteiger partial charge on any atom is 0.354 e. The first kappa shape index (κ1) is 14.7. The van der Waals surface area contributed by atoms with Crippen molar-refractivity contribution in [3.05, 3.63) is 54.0 Å². The minimum Gasteiger partial charge on any atom is -0.477 e. The Bertz CT molecular complexity index is 773. The summed E-state index contributed by atoms with van der Waals surface area (Å²) in [6.45, 7) is 5.77. The number of carbonyl (C=O) groups is 1. The third-order valence-electron chi connectivity index (χ3n) is 2.90. The molecule has 2 aromatic heterocycles. The SMILES string of the molecule is CC.Cc1cc(C(=O)O)n(-c2cccc3ncccc23)n1. The Kier molecular flexibility index (Phi) is 4.33. The zero-order valence-corrected chi connectivity index (χ0v) is 12.2. The van der Waals surface area contributed by atoms with Crippen molar-refractivity contribution in [3.8, 4) is 5.69 Å². The zero-order chi connectivity index (χ0) is 15.4. The van der Waals surface area contributed by atoms with E-state index < -0.39 is 5.97 Å². The fourth-order valence-electron chi connectivity index (χ4n) is 2.11. The van der Waals surface area contributed by atoms with Gasteiger partial charge in [-0.25, -0.2) is 9.48 Å². The van der Waals surface area contributed by atoms with Crippen LogP contribution in [0.2, 0.25) is 0 Å². The smallest absolute Gasteiger partial charge is 0.354 e. The van der Waals surface area contributed by atoms with Gasteiger partial charge in [-0.2, -0.15) is 5.10 Å². The van der Waals surface area contributed by atoms with Crippen LogP contribution in [-0.4, -0.2) is 25.8 Å². The predicted molar refractivity (Wildman–Crippen MR) is 81.9 cm³/mol. The fraction of sp³-hybridized carbons (Fsp3) is 0.188. The van der Waals surface area contributed by atoms with E-state index in [1.165, 1.54) is 4.68 Å². The monoisotopic (exact) mass is 283 g/mol. The summed E-state index contributed by atoms with van der Waals surface area (Å²) in [4.78, 5) is 15.5. The van der Waals surface area contributed by atoms with E-state index in [1.807, 2.05) is 44.2 Å². The molecule has 0 atom stereocenters. The number of hydrogen-bond donors (Lipinski definition) is 1. The summed E-state index contributed by atoms with van der Waals surface area (Å²) in [7, 11) is 0. The highest BCUT2D eigenvalue weighted by Gasteiger charge is 2.15. The Hall–Kier alpha value is -2.69. The van der Waals surface area contributed by atoms with Crippen molar-refractivity contribution in [3.63, 3.8) is 0 Å². The lowest BCUT2D eigenvalue weighted by atomic mass is 10.2. The second-order valence-corrected chi connectivity index (χ2v) is 4.24. The van der Waals surface area contributed by atoms with Crippen molar-refractivity contribution in [2.24, 2.45) is 0 Å². The molecule has 0 amide bonds. The van der Waals surface area contributed by atoms with Gasteiger partial charge in [0.1, 0.15) is 0 Å². The second-order valence-electron chi connectivity index (χ2n) is 4.24. The molecule has 2 heterocycles. The lowest BCUT2D eigenvalue weighted by Gasteiger charge is -2.07. The molecule has 1 aromatic carbocycles. The first-order valence-corrected chi connectivity index (χ1v) is 6.81. The van der Waals surface area contributed by atoms with Crippen molar-refractivity contribution in [2.75, 3.05) is 0 Å². The van der Waals surface area contributed by atoms with Crippen molar-refractivity contribution in [2.45, 2.75) is 20.8 Å². The van der Waals surface area contributed by atoms with Gasteiger partial charge in [0.05, 0.1) is 16.9 Å². The molecule has 1 N–H and O–H groups in total. The molecule has 0 aliphatic rings. The largest absolute Gasteiger partial charge is 0.477 e. The molecule has 0 aliphatic heterocycles. The minimum absolute atomic E-state index is 0.147. The summed E-state index contributed by atoms with van der Waals surface area (Å²) in [5.41, 5.74) is 2.34. The number of aryl methyl sites for hydroxylation is 1. The number of fused-ring (bicyclic) bond motifs is 1. The molecule has 108 valence electrons. The van der Waals surface area contributed by atoms with Crippen molar-refractivity contribution in [1.29, 1.82) is 0 Å². The number of aromatic nitrogens is 3. The molecule has 21 heavy (non-hydrogen) atoms.